The molecule has 1 aliphatic heterocycles. The molecule has 1 aliphatic carbocycles. The van der Waals surface area contributed by atoms with Crippen LogP contribution in [0.4, 0.5) is 0 Å². The Morgan fingerprint density at radius 1 is 1.14 bits per heavy atom. The highest BCUT2D eigenvalue weighted by atomic mass is 35.5. The summed E-state index contributed by atoms with van der Waals surface area (Å²) in [6, 6.07) is 11.4. The van der Waals surface area contributed by atoms with Gasteiger partial charge >= 0.3 is 0 Å². The highest BCUT2D eigenvalue weighted by Gasteiger charge is 2.34. The summed E-state index contributed by atoms with van der Waals surface area (Å²) in [7, 11) is 0. The summed E-state index contributed by atoms with van der Waals surface area (Å²) >= 11 is 6.10. The van der Waals surface area contributed by atoms with E-state index in [-0.39, 0.29) is 24.5 Å². The number of nitrogens with zero attached hydrogens (tertiary/aromatic N) is 1. The van der Waals surface area contributed by atoms with E-state index in [1.54, 1.807) is 0 Å². The maximum atomic E-state index is 13.0. The van der Waals surface area contributed by atoms with Crippen molar-refractivity contribution in [2.75, 3.05) is 6.79 Å². The maximum Gasteiger partial charge on any atom is 0.231 e. The third kappa shape index (κ3) is 3.65. The predicted molar refractivity (Wildman–Crippen MR) is 110 cm³/mol. The van der Waals surface area contributed by atoms with Crippen molar-refractivity contribution in [3.63, 3.8) is 0 Å². The van der Waals surface area contributed by atoms with Crippen molar-refractivity contribution in [2.45, 2.75) is 38.1 Å². The van der Waals surface area contributed by atoms with E-state index in [0.29, 0.717) is 11.6 Å². The predicted octanol–water partition coefficient (Wildman–Crippen LogP) is 4.54. The minimum atomic E-state index is -0.0891. The van der Waals surface area contributed by atoms with Gasteiger partial charge in [-0.25, -0.2) is 4.98 Å². The van der Waals surface area contributed by atoms with Gasteiger partial charge in [-0.15, -0.1) is 0 Å². The Labute approximate surface area is 173 Å². The van der Waals surface area contributed by atoms with Gasteiger partial charge in [-0.05, 0) is 48.7 Å². The number of H-pyrrole nitrogens is 1. The average Bonchev–Trinajstić information content (AvgIpc) is 3.37. The molecule has 2 aromatic carbocycles. The average molecular weight is 412 g/mol. The van der Waals surface area contributed by atoms with Crippen molar-refractivity contribution in [1.82, 2.24) is 15.3 Å². The van der Waals surface area contributed by atoms with Crippen LogP contribution in [-0.4, -0.2) is 22.7 Å². The van der Waals surface area contributed by atoms with Crippen molar-refractivity contribution in [1.29, 1.82) is 0 Å². The lowest BCUT2D eigenvalue weighted by molar-refractivity contribution is -0.126. The van der Waals surface area contributed by atoms with Crippen LogP contribution in [0.5, 0.6) is 11.5 Å². The van der Waals surface area contributed by atoms with Crippen molar-refractivity contribution >= 4 is 28.5 Å². The van der Waals surface area contributed by atoms with Crippen LogP contribution in [0.2, 0.25) is 5.02 Å². The molecule has 150 valence electrons. The summed E-state index contributed by atoms with van der Waals surface area (Å²) in [5, 5.41) is 3.78. The number of aromatic amines is 1. The largest absolute Gasteiger partial charge is 0.454 e. The molecule has 0 bridgehead atoms. The van der Waals surface area contributed by atoms with Gasteiger partial charge in [0.25, 0.3) is 0 Å². The lowest BCUT2D eigenvalue weighted by atomic mass is 9.78. The number of ether oxygens (including phenoxy) is 2. The number of rotatable bonds is 4. The first kappa shape index (κ1) is 18.3. The lowest BCUT2D eigenvalue weighted by Gasteiger charge is -2.29. The van der Waals surface area contributed by atoms with Crippen LogP contribution < -0.4 is 14.8 Å². The summed E-state index contributed by atoms with van der Waals surface area (Å²) in [5.74, 6) is 2.43. The van der Waals surface area contributed by atoms with E-state index in [1.807, 2.05) is 36.4 Å². The van der Waals surface area contributed by atoms with E-state index < -0.39 is 0 Å². The molecule has 0 unspecified atom stereocenters. The zero-order valence-corrected chi connectivity index (χ0v) is 16.7. The first-order valence-corrected chi connectivity index (χ1v) is 10.4. The quantitative estimate of drug-likeness (QED) is 0.661. The standard InChI is InChI=1S/C22H22ClN3O3/c23-14-6-7-17-18(10-14)26-21(25-17)15-3-1-2-4-16(15)22(27)24-11-13-5-8-19-20(9-13)29-12-28-19/h5-10,15-16H,1-4,11-12H2,(H,24,27)(H,25,26)/t15-,16+/m0/s1. The number of benzene rings is 2. The van der Waals surface area contributed by atoms with Crippen LogP contribution in [-0.2, 0) is 11.3 Å². The van der Waals surface area contributed by atoms with Crippen LogP contribution in [0, 0.1) is 5.92 Å². The molecule has 1 saturated carbocycles. The topological polar surface area (TPSA) is 76.2 Å². The Morgan fingerprint density at radius 3 is 2.93 bits per heavy atom. The number of nitrogens with one attached hydrogen (secondary N) is 2. The van der Waals surface area contributed by atoms with E-state index in [1.165, 1.54) is 0 Å². The number of carbonyl (C=O) groups is 1. The molecule has 1 fully saturated rings. The zero-order valence-electron chi connectivity index (χ0n) is 15.9. The first-order valence-electron chi connectivity index (χ1n) is 9.99. The molecule has 6 nitrogen and oxygen atoms in total. The first-order chi connectivity index (χ1) is 14.2. The van der Waals surface area contributed by atoms with E-state index in [0.717, 1.165) is 59.6 Å². The number of halogens is 1. The minimum Gasteiger partial charge on any atom is -0.454 e. The van der Waals surface area contributed by atoms with Crippen LogP contribution in [0.25, 0.3) is 11.0 Å². The van der Waals surface area contributed by atoms with Crippen molar-refractivity contribution in [3.05, 3.63) is 52.8 Å². The van der Waals surface area contributed by atoms with Gasteiger partial charge in [-0.1, -0.05) is 30.5 Å². The van der Waals surface area contributed by atoms with Crippen LogP contribution in [0.1, 0.15) is 43.0 Å². The fourth-order valence-electron chi connectivity index (χ4n) is 4.32. The number of fused-ring (bicyclic) bond motifs is 2. The van der Waals surface area contributed by atoms with E-state index in [2.05, 4.69) is 10.3 Å². The number of amides is 1. The molecule has 1 aromatic heterocycles. The molecule has 2 N–H and O–H groups in total. The van der Waals surface area contributed by atoms with Gasteiger partial charge in [0, 0.05) is 23.4 Å². The molecule has 7 heteroatoms. The molecule has 2 atom stereocenters. The summed E-state index contributed by atoms with van der Waals surface area (Å²) in [4.78, 5) is 21.2. The second kappa shape index (κ2) is 7.59. The SMILES string of the molecule is O=C(NCc1ccc2c(c1)OCO2)[C@@H]1CCCC[C@@H]1c1nc2ccc(Cl)cc2[nH]1. The van der Waals surface area contributed by atoms with Crippen molar-refractivity contribution in [2.24, 2.45) is 5.92 Å². The summed E-state index contributed by atoms with van der Waals surface area (Å²) < 4.78 is 10.8. The molecule has 0 spiro atoms. The second-order valence-electron chi connectivity index (χ2n) is 7.69. The van der Waals surface area contributed by atoms with Crippen LogP contribution in [0.3, 0.4) is 0 Å². The van der Waals surface area contributed by atoms with Gasteiger partial charge in [-0.2, -0.15) is 0 Å². The van der Waals surface area contributed by atoms with Crippen LogP contribution >= 0.6 is 11.6 Å². The fourth-order valence-corrected chi connectivity index (χ4v) is 4.49. The summed E-state index contributed by atoms with van der Waals surface area (Å²) in [5.41, 5.74) is 2.79. The summed E-state index contributed by atoms with van der Waals surface area (Å²) in [6.07, 6.45) is 3.99. The van der Waals surface area contributed by atoms with Crippen LogP contribution in [0.15, 0.2) is 36.4 Å². The zero-order chi connectivity index (χ0) is 19.8. The molecule has 0 radical (unpaired) electrons. The van der Waals surface area contributed by atoms with Gasteiger partial charge in [-0.3, -0.25) is 4.79 Å². The normalized spacial score (nSPS) is 20.7. The van der Waals surface area contributed by atoms with Gasteiger partial charge in [0.1, 0.15) is 5.82 Å². The highest BCUT2D eigenvalue weighted by molar-refractivity contribution is 6.31. The lowest BCUT2D eigenvalue weighted by Crippen LogP contribution is -2.35. The highest BCUT2D eigenvalue weighted by Crippen LogP contribution is 2.38. The second-order valence-corrected chi connectivity index (χ2v) is 8.12. The Kier molecular flexibility index (Phi) is 4.79. The molecule has 29 heavy (non-hydrogen) atoms. The van der Waals surface area contributed by atoms with Gasteiger partial charge < -0.3 is 19.8 Å². The number of aromatic nitrogens is 2. The minimum absolute atomic E-state index is 0.0749. The van der Waals surface area contributed by atoms with E-state index in [9.17, 15) is 4.79 Å². The number of hydrogen-bond acceptors (Lipinski definition) is 4. The molecule has 2 aliphatic rings. The molecular formula is C22H22ClN3O3. The Hall–Kier alpha value is -2.73. The van der Waals surface area contributed by atoms with Crippen molar-refractivity contribution < 1.29 is 14.3 Å². The molecule has 1 amide bonds. The van der Waals surface area contributed by atoms with E-state index >= 15 is 0 Å². The van der Waals surface area contributed by atoms with Crippen molar-refractivity contribution in [3.8, 4) is 11.5 Å². The van der Waals surface area contributed by atoms with Gasteiger partial charge in [0.15, 0.2) is 11.5 Å². The monoisotopic (exact) mass is 411 g/mol. The number of imidazole rings is 1. The van der Waals surface area contributed by atoms with E-state index in [4.69, 9.17) is 26.1 Å². The molecule has 0 saturated heterocycles. The Balaban J connectivity index is 1.31. The van der Waals surface area contributed by atoms with Gasteiger partial charge in [0.05, 0.1) is 11.0 Å². The smallest absolute Gasteiger partial charge is 0.231 e. The fraction of sp³-hybridized carbons (Fsp3) is 0.364. The number of hydrogen-bond donors (Lipinski definition) is 2. The third-order valence-electron chi connectivity index (χ3n) is 5.82. The van der Waals surface area contributed by atoms with Gasteiger partial charge in [0.2, 0.25) is 12.7 Å². The number of carbonyl (C=O) groups excluding carboxylic acids is 1. The maximum absolute atomic E-state index is 13.0. The summed E-state index contributed by atoms with van der Waals surface area (Å²) in [6.45, 7) is 0.714. The Morgan fingerprint density at radius 2 is 2.00 bits per heavy atom. The Bertz CT molecular complexity index is 1060. The molecule has 3 aromatic rings. The molecule has 2 heterocycles. The third-order valence-corrected chi connectivity index (χ3v) is 6.06. The molecular weight excluding hydrogens is 390 g/mol. The molecule has 5 rings (SSSR count).